The average molecular weight is 272 g/mol. The molecule has 0 spiro atoms. The van der Waals surface area contributed by atoms with Gasteiger partial charge in [-0.25, -0.2) is 0 Å². The fourth-order valence-corrected chi connectivity index (χ4v) is 2.46. The van der Waals surface area contributed by atoms with Crippen LogP contribution in [0, 0.1) is 0 Å². The van der Waals surface area contributed by atoms with Gasteiger partial charge in [-0.05, 0) is 5.56 Å². The standard InChI is InChI=1S/C15H20N4O/c16-15-14(13-4-2-1-3-5-13)12-19(17-15)7-6-18-8-10-20-11-9-18/h1-5,12H,6-11H2,(H2,16,17). The van der Waals surface area contributed by atoms with Gasteiger partial charge in [-0.3, -0.25) is 9.58 Å². The molecule has 0 bridgehead atoms. The molecule has 5 nitrogen and oxygen atoms in total. The predicted octanol–water partition coefficient (Wildman–Crippen LogP) is 1.46. The second-order valence-corrected chi connectivity index (χ2v) is 5.01. The Balaban J connectivity index is 1.66. The van der Waals surface area contributed by atoms with Crippen molar-refractivity contribution in [1.29, 1.82) is 0 Å². The number of nitrogens with two attached hydrogens (primary N) is 1. The lowest BCUT2D eigenvalue weighted by Gasteiger charge is -2.26. The Morgan fingerprint density at radius 3 is 2.60 bits per heavy atom. The van der Waals surface area contributed by atoms with Crippen molar-refractivity contribution in [2.75, 3.05) is 38.6 Å². The minimum Gasteiger partial charge on any atom is -0.382 e. The van der Waals surface area contributed by atoms with Gasteiger partial charge in [0.05, 0.1) is 19.8 Å². The van der Waals surface area contributed by atoms with Gasteiger partial charge in [-0.1, -0.05) is 30.3 Å². The van der Waals surface area contributed by atoms with E-state index in [0.29, 0.717) is 5.82 Å². The molecule has 0 unspecified atom stereocenters. The van der Waals surface area contributed by atoms with E-state index in [1.165, 1.54) is 0 Å². The van der Waals surface area contributed by atoms with Gasteiger partial charge < -0.3 is 10.5 Å². The Morgan fingerprint density at radius 1 is 1.10 bits per heavy atom. The fourth-order valence-electron chi connectivity index (χ4n) is 2.46. The minimum absolute atomic E-state index is 0.596. The van der Waals surface area contributed by atoms with Gasteiger partial charge in [0.15, 0.2) is 5.82 Å². The van der Waals surface area contributed by atoms with Gasteiger partial charge in [0.2, 0.25) is 0 Å². The van der Waals surface area contributed by atoms with Crippen LogP contribution in [0.25, 0.3) is 11.1 Å². The number of anilines is 1. The summed E-state index contributed by atoms with van der Waals surface area (Å²) < 4.78 is 7.29. The van der Waals surface area contributed by atoms with Crippen LogP contribution in [-0.4, -0.2) is 47.5 Å². The number of morpholine rings is 1. The Labute approximate surface area is 118 Å². The molecule has 0 aliphatic carbocycles. The molecular weight excluding hydrogens is 252 g/mol. The predicted molar refractivity (Wildman–Crippen MR) is 79.3 cm³/mol. The molecule has 1 aromatic carbocycles. The van der Waals surface area contributed by atoms with Crippen molar-refractivity contribution < 1.29 is 4.74 Å². The molecule has 3 rings (SSSR count). The number of nitrogen functional groups attached to an aromatic ring is 1. The van der Waals surface area contributed by atoms with Crippen molar-refractivity contribution in [3.05, 3.63) is 36.5 Å². The first kappa shape index (κ1) is 13.1. The van der Waals surface area contributed by atoms with Gasteiger partial charge in [0.1, 0.15) is 0 Å². The number of benzene rings is 1. The van der Waals surface area contributed by atoms with Crippen LogP contribution in [0.1, 0.15) is 0 Å². The summed E-state index contributed by atoms with van der Waals surface area (Å²) in [5.74, 6) is 0.596. The lowest BCUT2D eigenvalue weighted by molar-refractivity contribution is 0.0360. The summed E-state index contributed by atoms with van der Waals surface area (Å²) in [6.07, 6.45) is 2.03. The summed E-state index contributed by atoms with van der Waals surface area (Å²) in [4.78, 5) is 2.39. The van der Waals surface area contributed by atoms with Crippen molar-refractivity contribution in [1.82, 2.24) is 14.7 Å². The molecule has 0 saturated carbocycles. The summed E-state index contributed by atoms with van der Waals surface area (Å²) in [6, 6.07) is 10.1. The van der Waals surface area contributed by atoms with Crippen LogP contribution in [0.3, 0.4) is 0 Å². The summed E-state index contributed by atoms with van der Waals surface area (Å²) in [7, 11) is 0. The highest BCUT2D eigenvalue weighted by Crippen LogP contribution is 2.24. The Bertz CT molecular complexity index is 546. The van der Waals surface area contributed by atoms with E-state index in [9.17, 15) is 0 Å². The maximum absolute atomic E-state index is 6.02. The highest BCUT2D eigenvalue weighted by Gasteiger charge is 2.12. The van der Waals surface area contributed by atoms with Gasteiger partial charge in [-0.2, -0.15) is 5.10 Å². The molecule has 2 N–H and O–H groups in total. The zero-order chi connectivity index (χ0) is 13.8. The van der Waals surface area contributed by atoms with E-state index in [1.807, 2.05) is 29.1 Å². The third-order valence-electron chi connectivity index (χ3n) is 3.62. The smallest absolute Gasteiger partial charge is 0.153 e. The molecule has 0 amide bonds. The van der Waals surface area contributed by atoms with E-state index in [4.69, 9.17) is 10.5 Å². The first-order valence-corrected chi connectivity index (χ1v) is 7.01. The number of aromatic nitrogens is 2. The number of hydrogen-bond acceptors (Lipinski definition) is 4. The quantitative estimate of drug-likeness (QED) is 0.915. The van der Waals surface area contributed by atoms with Crippen LogP contribution in [0.5, 0.6) is 0 Å². The van der Waals surface area contributed by atoms with Crippen LogP contribution >= 0.6 is 0 Å². The van der Waals surface area contributed by atoms with Crippen LogP contribution < -0.4 is 5.73 Å². The summed E-state index contributed by atoms with van der Waals surface area (Å²) >= 11 is 0. The van der Waals surface area contributed by atoms with Crippen LogP contribution in [0.15, 0.2) is 36.5 Å². The van der Waals surface area contributed by atoms with Crippen molar-refractivity contribution in [2.24, 2.45) is 0 Å². The molecule has 2 aromatic rings. The second kappa shape index (κ2) is 6.07. The van der Waals surface area contributed by atoms with Gasteiger partial charge in [0.25, 0.3) is 0 Å². The van der Waals surface area contributed by atoms with Crippen LogP contribution in [-0.2, 0) is 11.3 Å². The monoisotopic (exact) mass is 272 g/mol. The average Bonchev–Trinajstić information content (AvgIpc) is 2.88. The van der Waals surface area contributed by atoms with Crippen molar-refractivity contribution in [3.63, 3.8) is 0 Å². The number of ether oxygens (including phenoxy) is 1. The Kier molecular flexibility index (Phi) is 3.99. The van der Waals surface area contributed by atoms with Gasteiger partial charge >= 0.3 is 0 Å². The van der Waals surface area contributed by atoms with Gasteiger partial charge in [-0.15, -0.1) is 0 Å². The van der Waals surface area contributed by atoms with Crippen LogP contribution in [0.4, 0.5) is 5.82 Å². The largest absolute Gasteiger partial charge is 0.382 e. The molecule has 0 radical (unpaired) electrons. The van der Waals surface area contributed by atoms with Crippen molar-refractivity contribution in [2.45, 2.75) is 6.54 Å². The molecule has 5 heteroatoms. The molecule has 20 heavy (non-hydrogen) atoms. The first-order chi connectivity index (χ1) is 9.83. The molecule has 1 aromatic heterocycles. The Morgan fingerprint density at radius 2 is 1.85 bits per heavy atom. The summed E-state index contributed by atoms with van der Waals surface area (Å²) in [5, 5.41) is 4.41. The third kappa shape index (κ3) is 3.00. The first-order valence-electron chi connectivity index (χ1n) is 7.01. The van der Waals surface area contributed by atoms with Gasteiger partial charge in [0, 0.05) is 31.4 Å². The maximum Gasteiger partial charge on any atom is 0.153 e. The third-order valence-corrected chi connectivity index (χ3v) is 3.62. The van der Waals surface area contributed by atoms with E-state index < -0.39 is 0 Å². The minimum atomic E-state index is 0.596. The number of hydrogen-bond donors (Lipinski definition) is 1. The molecule has 1 aliphatic heterocycles. The molecule has 1 aliphatic rings. The highest BCUT2D eigenvalue weighted by molar-refractivity contribution is 5.72. The normalized spacial score (nSPS) is 16.4. The van der Waals surface area contributed by atoms with E-state index in [0.717, 1.165) is 50.5 Å². The summed E-state index contributed by atoms with van der Waals surface area (Å²) in [6.45, 7) is 5.51. The maximum atomic E-state index is 6.02. The molecule has 1 fully saturated rings. The fraction of sp³-hybridized carbons (Fsp3) is 0.400. The number of nitrogens with zero attached hydrogens (tertiary/aromatic N) is 3. The molecule has 0 atom stereocenters. The van der Waals surface area contributed by atoms with Crippen molar-refractivity contribution >= 4 is 5.82 Å². The lowest BCUT2D eigenvalue weighted by atomic mass is 10.1. The van der Waals surface area contributed by atoms with Crippen LogP contribution in [0.2, 0.25) is 0 Å². The van der Waals surface area contributed by atoms with E-state index in [1.54, 1.807) is 0 Å². The zero-order valence-corrected chi connectivity index (χ0v) is 11.5. The van der Waals surface area contributed by atoms with E-state index in [2.05, 4.69) is 22.1 Å². The lowest BCUT2D eigenvalue weighted by Crippen LogP contribution is -2.38. The SMILES string of the molecule is Nc1nn(CCN2CCOCC2)cc1-c1ccccc1. The molecule has 106 valence electrons. The van der Waals surface area contributed by atoms with E-state index >= 15 is 0 Å². The van der Waals surface area contributed by atoms with Crippen molar-refractivity contribution in [3.8, 4) is 11.1 Å². The molecule has 1 saturated heterocycles. The topological polar surface area (TPSA) is 56.3 Å². The molecular formula is C15H20N4O. The summed E-state index contributed by atoms with van der Waals surface area (Å²) in [5.41, 5.74) is 8.14. The zero-order valence-electron chi connectivity index (χ0n) is 11.5. The Hall–Kier alpha value is -1.85. The molecule has 2 heterocycles. The van der Waals surface area contributed by atoms with E-state index in [-0.39, 0.29) is 0 Å². The highest BCUT2D eigenvalue weighted by atomic mass is 16.5. The second-order valence-electron chi connectivity index (χ2n) is 5.01. The number of rotatable bonds is 4.